The van der Waals surface area contributed by atoms with Crippen molar-refractivity contribution in [1.82, 2.24) is 4.72 Å². The number of rotatable bonds is 6. The van der Waals surface area contributed by atoms with Crippen molar-refractivity contribution in [3.05, 3.63) is 53.0 Å². The van der Waals surface area contributed by atoms with Crippen molar-refractivity contribution < 1.29 is 22.7 Å². The van der Waals surface area contributed by atoms with Crippen LogP contribution in [0.2, 0.25) is 0 Å². The molecule has 2 N–H and O–H groups in total. The second kappa shape index (κ2) is 6.07. The molecule has 6 nitrogen and oxygen atoms in total. The summed E-state index contributed by atoms with van der Waals surface area (Å²) in [7, 11) is -4.02. The summed E-state index contributed by atoms with van der Waals surface area (Å²) in [6.07, 6.45) is 1.88. The first kappa shape index (κ1) is 16.7. The Morgan fingerprint density at radius 2 is 1.83 bits per heavy atom. The highest BCUT2D eigenvalue weighted by atomic mass is 32.2. The van der Waals surface area contributed by atoms with Crippen LogP contribution in [0.25, 0.3) is 0 Å². The molecule has 1 unspecified atom stereocenters. The Bertz CT molecular complexity index is 866. The molecule has 1 atom stereocenters. The van der Waals surface area contributed by atoms with E-state index in [1.807, 2.05) is 30.3 Å². The Hall–Kier alpha value is -2.12. The minimum Gasteiger partial charge on any atom is -0.478 e. The molecule has 1 fully saturated rings. The number of benzene rings is 1. The molecule has 0 saturated heterocycles. The molecule has 0 spiro atoms. The molecule has 1 heterocycles. The van der Waals surface area contributed by atoms with E-state index < -0.39 is 16.0 Å². The summed E-state index contributed by atoms with van der Waals surface area (Å²) in [4.78, 5) is 11.2. The Kier molecular flexibility index (Phi) is 4.23. The molecule has 0 bridgehead atoms. The van der Waals surface area contributed by atoms with Gasteiger partial charge in [0.1, 0.15) is 22.0 Å². The first-order valence-corrected chi connectivity index (χ1v) is 9.20. The lowest BCUT2D eigenvalue weighted by molar-refractivity contribution is 0.0691. The van der Waals surface area contributed by atoms with Gasteiger partial charge in [0.15, 0.2) is 0 Å². The molecule has 3 rings (SSSR count). The molecule has 0 radical (unpaired) electrons. The van der Waals surface area contributed by atoms with E-state index in [-0.39, 0.29) is 33.9 Å². The van der Waals surface area contributed by atoms with Gasteiger partial charge in [-0.1, -0.05) is 30.3 Å². The topological polar surface area (TPSA) is 96.6 Å². The summed E-state index contributed by atoms with van der Waals surface area (Å²) in [5, 5.41) is 9.34. The zero-order valence-electron chi connectivity index (χ0n) is 13.4. The number of sulfonamides is 1. The van der Waals surface area contributed by atoms with Crippen LogP contribution in [0.15, 0.2) is 39.6 Å². The number of hydrogen-bond acceptors (Lipinski definition) is 4. The SMILES string of the molecule is Cc1oc(C)c(S(=O)(=O)NC(c2ccccc2)C2CC2)c1C(=O)O. The maximum Gasteiger partial charge on any atom is 0.340 e. The van der Waals surface area contributed by atoms with E-state index in [1.54, 1.807) is 0 Å². The molecule has 24 heavy (non-hydrogen) atoms. The summed E-state index contributed by atoms with van der Waals surface area (Å²) in [6, 6.07) is 8.96. The minimum atomic E-state index is -4.02. The first-order valence-electron chi connectivity index (χ1n) is 7.72. The predicted octanol–water partition coefficient (Wildman–Crippen LogP) is 3.02. The molecule has 2 aromatic rings. The maximum absolute atomic E-state index is 12.9. The third-order valence-corrected chi connectivity index (χ3v) is 5.82. The van der Waals surface area contributed by atoms with Gasteiger partial charge in [0.25, 0.3) is 0 Å². The van der Waals surface area contributed by atoms with Gasteiger partial charge in [-0.3, -0.25) is 0 Å². The van der Waals surface area contributed by atoms with Crippen molar-refractivity contribution in [3.63, 3.8) is 0 Å². The van der Waals surface area contributed by atoms with Crippen LogP contribution in [0.1, 0.15) is 46.3 Å². The van der Waals surface area contributed by atoms with Gasteiger partial charge in [-0.25, -0.2) is 17.9 Å². The molecule has 0 aliphatic heterocycles. The van der Waals surface area contributed by atoms with Crippen LogP contribution < -0.4 is 4.72 Å². The van der Waals surface area contributed by atoms with Crippen LogP contribution in [0.3, 0.4) is 0 Å². The van der Waals surface area contributed by atoms with Gasteiger partial charge in [0, 0.05) is 6.04 Å². The molecule has 1 aromatic heterocycles. The largest absolute Gasteiger partial charge is 0.478 e. The van der Waals surface area contributed by atoms with Crippen molar-refractivity contribution in [2.45, 2.75) is 37.6 Å². The van der Waals surface area contributed by atoms with Gasteiger partial charge in [-0.05, 0) is 38.2 Å². The van der Waals surface area contributed by atoms with E-state index in [0.717, 1.165) is 18.4 Å². The van der Waals surface area contributed by atoms with E-state index >= 15 is 0 Å². The van der Waals surface area contributed by atoms with E-state index in [4.69, 9.17) is 4.42 Å². The number of carboxylic acids is 1. The molecule has 0 amide bonds. The smallest absolute Gasteiger partial charge is 0.340 e. The van der Waals surface area contributed by atoms with Gasteiger partial charge >= 0.3 is 5.97 Å². The third-order valence-electron chi connectivity index (χ3n) is 4.22. The third kappa shape index (κ3) is 3.09. The average Bonchev–Trinajstić information content (AvgIpc) is 3.30. The number of hydrogen-bond donors (Lipinski definition) is 2. The van der Waals surface area contributed by atoms with Crippen LogP contribution >= 0.6 is 0 Å². The Labute approximate surface area is 140 Å². The van der Waals surface area contributed by atoms with Gasteiger partial charge < -0.3 is 9.52 Å². The van der Waals surface area contributed by atoms with E-state index in [2.05, 4.69) is 4.72 Å². The molecular formula is C17H19NO5S. The highest BCUT2D eigenvalue weighted by molar-refractivity contribution is 7.89. The average molecular weight is 349 g/mol. The number of carboxylic acid groups (broad SMARTS) is 1. The van der Waals surface area contributed by atoms with Crippen LogP contribution in [-0.4, -0.2) is 19.5 Å². The number of furan rings is 1. The quantitative estimate of drug-likeness (QED) is 0.835. The van der Waals surface area contributed by atoms with Crippen molar-refractivity contribution in [2.24, 2.45) is 5.92 Å². The molecule has 1 aliphatic rings. The van der Waals surface area contributed by atoms with E-state index in [9.17, 15) is 18.3 Å². The zero-order valence-corrected chi connectivity index (χ0v) is 14.3. The summed E-state index contributed by atoms with van der Waals surface area (Å²) in [6.45, 7) is 2.91. The van der Waals surface area contributed by atoms with Gasteiger partial charge in [-0.2, -0.15) is 0 Å². The molecule has 128 valence electrons. The lowest BCUT2D eigenvalue weighted by Crippen LogP contribution is -2.31. The van der Waals surface area contributed by atoms with Gasteiger partial charge in [-0.15, -0.1) is 0 Å². The number of aromatic carboxylic acids is 1. The highest BCUT2D eigenvalue weighted by Gasteiger charge is 2.38. The van der Waals surface area contributed by atoms with Crippen molar-refractivity contribution in [3.8, 4) is 0 Å². The molecule has 1 aromatic carbocycles. The summed E-state index contributed by atoms with van der Waals surface area (Å²) >= 11 is 0. The molecular weight excluding hydrogens is 330 g/mol. The molecule has 7 heteroatoms. The predicted molar refractivity (Wildman–Crippen MR) is 87.4 cm³/mol. The Balaban J connectivity index is 2.01. The number of nitrogens with one attached hydrogen (secondary N) is 1. The fourth-order valence-electron chi connectivity index (χ4n) is 2.99. The minimum absolute atomic E-state index is 0.0833. The zero-order chi connectivity index (χ0) is 17.5. The molecule has 1 saturated carbocycles. The Morgan fingerprint density at radius 3 is 2.38 bits per heavy atom. The van der Waals surface area contributed by atoms with Crippen LogP contribution in [-0.2, 0) is 10.0 Å². The maximum atomic E-state index is 12.9. The number of aryl methyl sites for hydroxylation is 2. The highest BCUT2D eigenvalue weighted by Crippen LogP contribution is 2.42. The first-order chi connectivity index (χ1) is 11.3. The van der Waals surface area contributed by atoms with Crippen molar-refractivity contribution >= 4 is 16.0 Å². The van der Waals surface area contributed by atoms with Crippen LogP contribution in [0.5, 0.6) is 0 Å². The van der Waals surface area contributed by atoms with Crippen molar-refractivity contribution in [1.29, 1.82) is 0 Å². The lowest BCUT2D eigenvalue weighted by Gasteiger charge is -2.19. The van der Waals surface area contributed by atoms with Crippen molar-refractivity contribution in [2.75, 3.05) is 0 Å². The Morgan fingerprint density at radius 1 is 1.21 bits per heavy atom. The van der Waals surface area contributed by atoms with Gasteiger partial charge in [0.05, 0.1) is 0 Å². The van der Waals surface area contributed by atoms with E-state index in [0.29, 0.717) is 0 Å². The standard InChI is InChI=1S/C17H19NO5S/c1-10-14(17(19)20)16(11(2)23-10)24(21,22)18-15(13-8-9-13)12-6-4-3-5-7-12/h3-7,13,15,18H,8-9H2,1-2H3,(H,19,20). The van der Waals surface area contributed by atoms with Gasteiger partial charge in [0.2, 0.25) is 10.0 Å². The van der Waals surface area contributed by atoms with Crippen LogP contribution in [0, 0.1) is 19.8 Å². The van der Waals surface area contributed by atoms with Crippen LogP contribution in [0.4, 0.5) is 0 Å². The number of carbonyl (C=O) groups is 1. The normalized spacial score (nSPS) is 16.1. The summed E-state index contributed by atoms with van der Waals surface area (Å²) < 4.78 is 33.7. The summed E-state index contributed by atoms with van der Waals surface area (Å²) in [5.41, 5.74) is 0.570. The lowest BCUT2D eigenvalue weighted by atomic mass is 10.0. The fourth-order valence-corrected chi connectivity index (χ4v) is 4.69. The second-order valence-electron chi connectivity index (χ2n) is 6.07. The summed E-state index contributed by atoms with van der Waals surface area (Å²) in [5.74, 6) is -0.917. The second-order valence-corrected chi connectivity index (χ2v) is 7.72. The van der Waals surface area contributed by atoms with E-state index in [1.165, 1.54) is 13.8 Å². The monoisotopic (exact) mass is 349 g/mol. The fraction of sp³-hybridized carbons (Fsp3) is 0.353. The molecule has 1 aliphatic carbocycles.